The van der Waals surface area contributed by atoms with Gasteiger partial charge in [-0.25, -0.2) is 4.39 Å². The lowest BCUT2D eigenvalue weighted by Crippen LogP contribution is -2.26. The molecule has 7 heteroatoms. The minimum absolute atomic E-state index is 0.104. The number of halogens is 1. The van der Waals surface area contributed by atoms with Gasteiger partial charge in [-0.3, -0.25) is 9.89 Å². The Balaban J connectivity index is 1.53. The largest absolute Gasteiger partial charge is 0.494 e. The first-order valence-corrected chi connectivity index (χ1v) is 9.61. The van der Waals surface area contributed by atoms with Gasteiger partial charge in [0.15, 0.2) is 11.6 Å². The van der Waals surface area contributed by atoms with E-state index in [9.17, 15) is 9.18 Å². The third kappa shape index (κ3) is 4.56. The van der Waals surface area contributed by atoms with E-state index in [2.05, 4.69) is 20.8 Å². The van der Waals surface area contributed by atoms with Crippen molar-refractivity contribution in [2.24, 2.45) is 5.92 Å². The number of nitrogens with zero attached hydrogens (tertiary/aromatic N) is 1. The number of hydrogen-bond acceptors (Lipinski definition) is 4. The number of ether oxygens (including phenoxy) is 1. The van der Waals surface area contributed by atoms with Gasteiger partial charge >= 0.3 is 0 Å². The summed E-state index contributed by atoms with van der Waals surface area (Å²) in [5.41, 5.74) is 3.81. The van der Waals surface area contributed by atoms with E-state index in [0.29, 0.717) is 24.6 Å². The van der Waals surface area contributed by atoms with Gasteiger partial charge in [0.25, 0.3) is 5.91 Å². The van der Waals surface area contributed by atoms with Crippen LogP contribution < -0.4 is 15.4 Å². The summed E-state index contributed by atoms with van der Waals surface area (Å²) in [5, 5.41) is 13.1. The summed E-state index contributed by atoms with van der Waals surface area (Å²) in [5.74, 6) is 0.310. The molecule has 1 fully saturated rings. The predicted molar refractivity (Wildman–Crippen MR) is 109 cm³/mol. The molecule has 0 spiro atoms. The molecule has 0 atom stereocenters. The van der Waals surface area contributed by atoms with Crippen LogP contribution in [0.2, 0.25) is 0 Å². The van der Waals surface area contributed by atoms with Gasteiger partial charge in [-0.15, -0.1) is 0 Å². The number of methoxy groups -OCH3 is 1. The molecule has 1 saturated carbocycles. The van der Waals surface area contributed by atoms with Crippen molar-refractivity contribution in [3.8, 4) is 16.9 Å². The highest BCUT2D eigenvalue weighted by molar-refractivity contribution is 6.01. The first kappa shape index (κ1) is 19.0. The number of amides is 1. The first-order valence-electron chi connectivity index (χ1n) is 9.61. The Hall–Kier alpha value is -3.35. The minimum atomic E-state index is -0.401. The van der Waals surface area contributed by atoms with Crippen LogP contribution in [0.5, 0.6) is 5.75 Å². The van der Waals surface area contributed by atoms with Crippen molar-refractivity contribution in [2.75, 3.05) is 19.0 Å². The maximum Gasteiger partial charge on any atom is 0.251 e. The van der Waals surface area contributed by atoms with Crippen LogP contribution in [-0.4, -0.2) is 29.8 Å². The van der Waals surface area contributed by atoms with Crippen LogP contribution in [0.4, 0.5) is 10.1 Å². The molecule has 0 saturated heterocycles. The van der Waals surface area contributed by atoms with Crippen molar-refractivity contribution in [1.82, 2.24) is 15.5 Å². The highest BCUT2D eigenvalue weighted by atomic mass is 19.1. The number of hydrogen-bond donors (Lipinski definition) is 3. The lowest BCUT2D eigenvalue weighted by molar-refractivity contribution is 0.0952. The molecule has 1 heterocycles. The number of nitrogens with one attached hydrogen (secondary N) is 3. The normalized spacial score (nSPS) is 13.2. The molecular formula is C22H23FN4O2. The van der Waals surface area contributed by atoms with Gasteiger partial charge in [-0.1, -0.05) is 12.1 Å². The Bertz CT molecular complexity index is 1000. The molecule has 0 bridgehead atoms. The predicted octanol–water partition coefficient (Wildman–Crippen LogP) is 3.98. The number of aromatic nitrogens is 2. The molecular weight excluding hydrogens is 371 g/mol. The van der Waals surface area contributed by atoms with Gasteiger partial charge in [0, 0.05) is 36.1 Å². The van der Waals surface area contributed by atoms with Crippen molar-refractivity contribution in [1.29, 1.82) is 0 Å². The molecule has 150 valence electrons. The Morgan fingerprint density at radius 2 is 2.14 bits per heavy atom. The molecule has 1 aliphatic carbocycles. The summed E-state index contributed by atoms with van der Waals surface area (Å²) >= 11 is 0. The molecule has 1 aromatic heterocycles. The van der Waals surface area contributed by atoms with Crippen LogP contribution in [-0.2, 0) is 6.54 Å². The second-order valence-electron chi connectivity index (χ2n) is 7.22. The number of carbonyl (C=O) groups is 1. The first-order chi connectivity index (χ1) is 14.1. The van der Waals surface area contributed by atoms with Gasteiger partial charge in [0.1, 0.15) is 0 Å². The summed E-state index contributed by atoms with van der Waals surface area (Å²) < 4.78 is 18.8. The van der Waals surface area contributed by atoms with Crippen molar-refractivity contribution in [2.45, 2.75) is 19.4 Å². The topological polar surface area (TPSA) is 79.0 Å². The van der Waals surface area contributed by atoms with Gasteiger partial charge in [0.2, 0.25) is 0 Å². The van der Waals surface area contributed by atoms with E-state index in [0.717, 1.165) is 22.4 Å². The monoisotopic (exact) mass is 394 g/mol. The average Bonchev–Trinajstić information content (AvgIpc) is 3.41. The average molecular weight is 394 g/mol. The number of benzene rings is 2. The molecule has 1 amide bonds. The number of aromatic amines is 1. The van der Waals surface area contributed by atoms with Gasteiger partial charge in [0.05, 0.1) is 13.3 Å². The zero-order valence-corrected chi connectivity index (χ0v) is 16.2. The van der Waals surface area contributed by atoms with Crippen LogP contribution in [0, 0.1) is 11.7 Å². The molecule has 2 aromatic carbocycles. The van der Waals surface area contributed by atoms with Gasteiger partial charge in [-0.2, -0.15) is 5.10 Å². The molecule has 0 unspecified atom stereocenters. The zero-order valence-electron chi connectivity index (χ0n) is 16.2. The third-order valence-corrected chi connectivity index (χ3v) is 5.03. The molecule has 6 nitrogen and oxygen atoms in total. The van der Waals surface area contributed by atoms with Crippen LogP contribution in [0.1, 0.15) is 28.8 Å². The maximum atomic E-state index is 13.9. The quantitative estimate of drug-likeness (QED) is 0.540. The van der Waals surface area contributed by atoms with E-state index in [1.54, 1.807) is 24.5 Å². The van der Waals surface area contributed by atoms with E-state index in [1.807, 2.05) is 18.2 Å². The summed E-state index contributed by atoms with van der Waals surface area (Å²) in [4.78, 5) is 12.8. The van der Waals surface area contributed by atoms with Crippen molar-refractivity contribution >= 4 is 11.6 Å². The third-order valence-electron chi connectivity index (χ3n) is 5.03. The second-order valence-corrected chi connectivity index (χ2v) is 7.22. The maximum absolute atomic E-state index is 13.9. The standard InChI is InChI=1S/C22H23FN4O2/c1-29-21-7-4-15(8-20(21)23)11-24-17-5-6-18(16-12-26-27-13-16)19(9-17)22(28)25-10-14-2-3-14/h4-9,12-14,24H,2-3,10-11H2,1H3,(H,25,28)(H,26,27). The summed E-state index contributed by atoms with van der Waals surface area (Å²) in [6, 6.07) is 10.5. The summed E-state index contributed by atoms with van der Waals surface area (Å²) in [7, 11) is 1.44. The Morgan fingerprint density at radius 3 is 2.83 bits per heavy atom. The fourth-order valence-electron chi connectivity index (χ4n) is 3.17. The van der Waals surface area contributed by atoms with E-state index >= 15 is 0 Å². The van der Waals surface area contributed by atoms with Crippen LogP contribution in [0.25, 0.3) is 11.1 Å². The minimum Gasteiger partial charge on any atom is -0.494 e. The summed E-state index contributed by atoms with van der Waals surface area (Å²) in [6.07, 6.45) is 5.81. The van der Waals surface area contributed by atoms with Crippen molar-refractivity contribution in [3.05, 3.63) is 65.7 Å². The zero-order chi connectivity index (χ0) is 20.2. The Morgan fingerprint density at radius 1 is 1.28 bits per heavy atom. The van der Waals surface area contributed by atoms with Crippen LogP contribution in [0.3, 0.4) is 0 Å². The molecule has 4 rings (SSSR count). The van der Waals surface area contributed by atoms with Crippen molar-refractivity contribution < 1.29 is 13.9 Å². The highest BCUT2D eigenvalue weighted by Crippen LogP contribution is 2.29. The lowest BCUT2D eigenvalue weighted by Gasteiger charge is -2.13. The van der Waals surface area contributed by atoms with E-state index in [1.165, 1.54) is 26.0 Å². The summed E-state index contributed by atoms with van der Waals surface area (Å²) in [6.45, 7) is 1.13. The molecule has 1 aliphatic rings. The number of carbonyl (C=O) groups excluding carboxylic acids is 1. The fourth-order valence-corrected chi connectivity index (χ4v) is 3.17. The Labute approximate surface area is 168 Å². The Kier molecular flexibility index (Phi) is 5.46. The SMILES string of the molecule is COc1ccc(CNc2ccc(-c3cn[nH]c3)c(C(=O)NCC3CC3)c2)cc1F. The van der Waals surface area contributed by atoms with Gasteiger partial charge < -0.3 is 15.4 Å². The number of anilines is 1. The van der Waals surface area contributed by atoms with E-state index in [4.69, 9.17) is 4.74 Å². The molecule has 3 aromatic rings. The number of rotatable bonds is 8. The smallest absolute Gasteiger partial charge is 0.251 e. The van der Waals surface area contributed by atoms with Crippen molar-refractivity contribution in [3.63, 3.8) is 0 Å². The molecule has 29 heavy (non-hydrogen) atoms. The van der Waals surface area contributed by atoms with Crippen LogP contribution >= 0.6 is 0 Å². The highest BCUT2D eigenvalue weighted by Gasteiger charge is 2.23. The molecule has 0 aliphatic heterocycles. The molecule has 3 N–H and O–H groups in total. The molecule has 0 radical (unpaired) electrons. The number of H-pyrrole nitrogens is 1. The van der Waals surface area contributed by atoms with E-state index in [-0.39, 0.29) is 11.7 Å². The lowest BCUT2D eigenvalue weighted by atomic mass is 10.0. The second kappa shape index (κ2) is 8.34. The van der Waals surface area contributed by atoms with Gasteiger partial charge in [-0.05, 0) is 54.2 Å². The van der Waals surface area contributed by atoms with E-state index < -0.39 is 5.82 Å². The van der Waals surface area contributed by atoms with Crippen LogP contribution in [0.15, 0.2) is 48.8 Å². The fraction of sp³-hybridized carbons (Fsp3) is 0.273.